The number of methoxy groups -OCH3 is 1. The fraction of sp³-hybridized carbons (Fsp3) is 0.423. The van der Waals surface area contributed by atoms with Gasteiger partial charge in [0.2, 0.25) is 0 Å². The van der Waals surface area contributed by atoms with Crippen LogP contribution in [-0.2, 0) is 11.2 Å². The smallest absolute Gasteiger partial charge is 0.165 e. The molecule has 5 rings (SSSR count). The standard InChI is InChI=1S/C26H28O3/c1-26-12-11-22-21-10-6-19(27)14-17(21)5-9-23(22)24(26)15-18(25(26)28)13-16-3-7-20(29-2)8-4-16/h3-4,6-8,10,13-14,22-24,27H,5,9,11-12,15H2,1-2H3/b18-13+. The van der Waals surface area contributed by atoms with Crippen LogP contribution in [0.4, 0.5) is 0 Å². The Labute approximate surface area is 172 Å². The Morgan fingerprint density at radius 1 is 1.14 bits per heavy atom. The molecule has 150 valence electrons. The molecule has 0 aromatic heterocycles. The first-order valence-corrected chi connectivity index (χ1v) is 10.7. The third-order valence-electron chi connectivity index (χ3n) is 7.81. The summed E-state index contributed by atoms with van der Waals surface area (Å²) in [6, 6.07) is 13.8. The second-order valence-electron chi connectivity index (χ2n) is 9.23. The molecular weight excluding hydrogens is 360 g/mol. The highest BCUT2D eigenvalue weighted by Crippen LogP contribution is 2.60. The fourth-order valence-electron chi connectivity index (χ4n) is 6.27. The Morgan fingerprint density at radius 3 is 2.69 bits per heavy atom. The van der Waals surface area contributed by atoms with Gasteiger partial charge in [-0.2, -0.15) is 0 Å². The van der Waals surface area contributed by atoms with Gasteiger partial charge in [-0.15, -0.1) is 0 Å². The summed E-state index contributed by atoms with van der Waals surface area (Å²) in [4.78, 5) is 13.4. The Morgan fingerprint density at radius 2 is 1.93 bits per heavy atom. The maximum Gasteiger partial charge on any atom is 0.165 e. The third-order valence-corrected chi connectivity index (χ3v) is 7.81. The van der Waals surface area contributed by atoms with E-state index in [1.54, 1.807) is 7.11 Å². The van der Waals surface area contributed by atoms with Gasteiger partial charge in [-0.1, -0.05) is 25.1 Å². The van der Waals surface area contributed by atoms with E-state index in [2.05, 4.69) is 19.1 Å². The Bertz CT molecular complexity index is 988. The van der Waals surface area contributed by atoms with Crippen LogP contribution >= 0.6 is 0 Å². The predicted octanol–water partition coefficient (Wildman–Crippen LogP) is 5.52. The zero-order valence-electron chi connectivity index (χ0n) is 17.2. The number of hydrogen-bond donors (Lipinski definition) is 1. The van der Waals surface area contributed by atoms with Gasteiger partial charge in [-0.25, -0.2) is 0 Å². The largest absolute Gasteiger partial charge is 0.508 e. The number of carbonyl (C=O) groups is 1. The number of rotatable bonds is 2. The Kier molecular flexibility index (Phi) is 4.31. The average Bonchev–Trinajstić information content (AvgIpc) is 2.99. The molecule has 2 aromatic rings. The summed E-state index contributed by atoms with van der Waals surface area (Å²) in [6.45, 7) is 2.21. The van der Waals surface area contributed by atoms with Crippen LogP contribution in [0.15, 0.2) is 48.0 Å². The molecule has 0 heterocycles. The van der Waals surface area contributed by atoms with Crippen molar-refractivity contribution in [3.8, 4) is 11.5 Å². The molecule has 0 radical (unpaired) electrons. The van der Waals surface area contributed by atoms with Crippen LogP contribution in [0.1, 0.15) is 55.2 Å². The molecular formula is C26H28O3. The van der Waals surface area contributed by atoms with Gasteiger partial charge in [-0.3, -0.25) is 4.79 Å². The highest BCUT2D eigenvalue weighted by molar-refractivity contribution is 6.06. The molecule has 0 amide bonds. The number of allylic oxidation sites excluding steroid dienone is 1. The van der Waals surface area contributed by atoms with Crippen LogP contribution in [-0.4, -0.2) is 18.0 Å². The van der Waals surface area contributed by atoms with Crippen molar-refractivity contribution in [1.29, 1.82) is 0 Å². The SMILES string of the molecule is COc1ccc(/C=C2\CC3C4CCc5cc(O)ccc5C4CCC3(C)C2=O)cc1. The van der Waals surface area contributed by atoms with Crippen molar-refractivity contribution in [2.75, 3.05) is 7.11 Å². The monoisotopic (exact) mass is 388 g/mol. The second-order valence-corrected chi connectivity index (χ2v) is 9.23. The quantitative estimate of drug-likeness (QED) is 0.689. The zero-order valence-corrected chi connectivity index (χ0v) is 17.2. The molecule has 0 bridgehead atoms. The number of benzene rings is 2. The molecule has 1 N–H and O–H groups in total. The van der Waals surface area contributed by atoms with Crippen LogP contribution < -0.4 is 4.74 Å². The van der Waals surface area contributed by atoms with Gasteiger partial charge in [0.15, 0.2) is 5.78 Å². The summed E-state index contributed by atoms with van der Waals surface area (Å²) in [5.74, 6) is 3.04. The number of hydrogen-bond acceptors (Lipinski definition) is 3. The van der Waals surface area contributed by atoms with Gasteiger partial charge in [0.1, 0.15) is 11.5 Å². The minimum atomic E-state index is -0.228. The molecule has 3 heteroatoms. The lowest BCUT2D eigenvalue weighted by Gasteiger charge is -2.48. The Balaban J connectivity index is 1.46. The number of Topliss-reactive ketones (excluding diaryl/α,β-unsaturated/α-hetero) is 1. The van der Waals surface area contributed by atoms with Gasteiger partial charge >= 0.3 is 0 Å². The van der Waals surface area contributed by atoms with E-state index in [1.807, 2.05) is 36.4 Å². The first-order chi connectivity index (χ1) is 14.0. The summed E-state index contributed by atoms with van der Waals surface area (Å²) in [6.07, 6.45) is 7.12. The number of phenols is 1. The minimum Gasteiger partial charge on any atom is -0.508 e. The number of phenolic OH excluding ortho intramolecular Hbond substituents is 1. The van der Waals surface area contributed by atoms with Crippen LogP contribution in [0.3, 0.4) is 0 Å². The Hall–Kier alpha value is -2.55. The van der Waals surface area contributed by atoms with Crippen molar-refractivity contribution in [3.05, 3.63) is 64.7 Å². The van der Waals surface area contributed by atoms with Crippen LogP contribution in [0.25, 0.3) is 6.08 Å². The van der Waals surface area contributed by atoms with Crippen LogP contribution in [0.5, 0.6) is 11.5 Å². The molecule has 2 fully saturated rings. The highest BCUT2D eigenvalue weighted by atomic mass is 16.5. The zero-order chi connectivity index (χ0) is 20.2. The third kappa shape index (κ3) is 2.90. The van der Waals surface area contributed by atoms with Crippen molar-refractivity contribution in [1.82, 2.24) is 0 Å². The van der Waals surface area contributed by atoms with Gasteiger partial charge in [-0.05, 0) is 102 Å². The topological polar surface area (TPSA) is 46.5 Å². The number of ether oxygens (including phenoxy) is 1. The van der Waals surface area contributed by atoms with Gasteiger partial charge in [0.05, 0.1) is 7.11 Å². The van der Waals surface area contributed by atoms with Crippen molar-refractivity contribution >= 4 is 11.9 Å². The predicted molar refractivity (Wildman–Crippen MR) is 114 cm³/mol. The van der Waals surface area contributed by atoms with Crippen molar-refractivity contribution in [2.24, 2.45) is 17.3 Å². The molecule has 0 saturated heterocycles. The first kappa shape index (κ1) is 18.5. The normalized spacial score (nSPS) is 31.9. The van der Waals surface area contributed by atoms with Gasteiger partial charge in [0.25, 0.3) is 0 Å². The van der Waals surface area contributed by atoms with E-state index in [1.165, 1.54) is 11.1 Å². The summed E-state index contributed by atoms with van der Waals surface area (Å²) < 4.78 is 5.25. The number of aromatic hydroxyl groups is 1. The molecule has 2 saturated carbocycles. The van der Waals surface area contributed by atoms with E-state index in [4.69, 9.17) is 4.74 Å². The van der Waals surface area contributed by atoms with E-state index < -0.39 is 0 Å². The maximum absolute atomic E-state index is 13.4. The number of carbonyl (C=O) groups excluding carboxylic acids is 1. The molecule has 3 aliphatic rings. The summed E-state index contributed by atoms with van der Waals surface area (Å²) in [7, 11) is 1.67. The van der Waals surface area contributed by atoms with Gasteiger partial charge < -0.3 is 9.84 Å². The van der Waals surface area contributed by atoms with E-state index in [-0.39, 0.29) is 5.41 Å². The van der Waals surface area contributed by atoms with Crippen molar-refractivity contribution in [2.45, 2.75) is 44.9 Å². The molecule has 0 spiro atoms. The first-order valence-electron chi connectivity index (χ1n) is 10.7. The lowest BCUT2D eigenvalue weighted by Crippen LogP contribution is -2.42. The van der Waals surface area contributed by atoms with E-state index in [9.17, 15) is 9.90 Å². The summed E-state index contributed by atoms with van der Waals surface area (Å²) in [5, 5.41) is 9.86. The number of aryl methyl sites for hydroxylation is 1. The highest BCUT2D eigenvalue weighted by Gasteiger charge is 2.56. The van der Waals surface area contributed by atoms with Crippen molar-refractivity contribution < 1.29 is 14.6 Å². The lowest BCUT2D eigenvalue weighted by molar-refractivity contribution is -0.127. The summed E-state index contributed by atoms with van der Waals surface area (Å²) >= 11 is 0. The molecule has 3 aliphatic carbocycles. The molecule has 4 unspecified atom stereocenters. The number of ketones is 1. The fourth-order valence-corrected chi connectivity index (χ4v) is 6.27. The molecule has 0 aliphatic heterocycles. The van der Waals surface area contributed by atoms with Crippen LogP contribution in [0.2, 0.25) is 0 Å². The van der Waals surface area contributed by atoms with E-state index >= 15 is 0 Å². The second kappa shape index (κ2) is 6.76. The van der Waals surface area contributed by atoms with Crippen molar-refractivity contribution in [3.63, 3.8) is 0 Å². The molecule has 4 atom stereocenters. The average molecular weight is 389 g/mol. The maximum atomic E-state index is 13.4. The molecule has 29 heavy (non-hydrogen) atoms. The molecule has 3 nitrogen and oxygen atoms in total. The van der Waals surface area contributed by atoms with Crippen LogP contribution in [0, 0.1) is 17.3 Å². The number of fused-ring (bicyclic) bond motifs is 5. The minimum absolute atomic E-state index is 0.228. The molecule has 2 aromatic carbocycles. The van der Waals surface area contributed by atoms with E-state index in [0.29, 0.717) is 29.3 Å². The van der Waals surface area contributed by atoms with E-state index in [0.717, 1.165) is 49.0 Å². The summed E-state index contributed by atoms with van der Waals surface area (Å²) in [5.41, 5.74) is 4.53. The lowest BCUT2D eigenvalue weighted by atomic mass is 9.55. The van der Waals surface area contributed by atoms with Gasteiger partial charge in [0, 0.05) is 5.41 Å².